The molecule has 0 saturated carbocycles. The molecule has 9 heterocycles. The predicted octanol–water partition coefficient (Wildman–Crippen LogP) is 11.3. The zero-order chi connectivity index (χ0) is 60.6. The molecule has 454 valence electrons. The largest absolute Gasteiger partial charge is 0.498 e. The van der Waals surface area contributed by atoms with Gasteiger partial charge < -0.3 is 53.8 Å². The lowest BCUT2D eigenvalue weighted by Gasteiger charge is -2.32. The van der Waals surface area contributed by atoms with Gasteiger partial charge in [-0.2, -0.15) is 14.9 Å². The number of nitrogens with one attached hydrogen (secondary N) is 3. The Kier molecular flexibility index (Phi) is 19.9. The molecule has 5 aliphatic heterocycles. The van der Waals surface area contributed by atoms with Crippen LogP contribution in [-0.4, -0.2) is 161 Å². The van der Waals surface area contributed by atoms with E-state index >= 15 is 0 Å². The Balaban J connectivity index is 0.000000157. The Bertz CT molecular complexity index is 3250. The van der Waals surface area contributed by atoms with Crippen LogP contribution in [0.1, 0.15) is 99.1 Å². The van der Waals surface area contributed by atoms with Crippen molar-refractivity contribution >= 4 is 65.3 Å². The van der Waals surface area contributed by atoms with E-state index in [-0.39, 0.29) is 12.1 Å². The summed E-state index contributed by atoms with van der Waals surface area (Å²) < 4.78 is 29.2. The number of pyridine rings is 2. The fourth-order valence-corrected chi connectivity index (χ4v) is 10.9. The zero-order valence-corrected chi connectivity index (χ0v) is 52.1. The Hall–Kier alpha value is -7.04. The van der Waals surface area contributed by atoms with Crippen molar-refractivity contribution in [3.8, 4) is 33.5 Å². The molecule has 3 N–H and O–H groups in total. The average molecular weight is 1180 g/mol. The Labute approximate surface area is 505 Å². The molecular weight excluding hydrogens is 1100 g/mol. The van der Waals surface area contributed by atoms with Gasteiger partial charge in [0.25, 0.3) is 0 Å². The van der Waals surface area contributed by atoms with Gasteiger partial charge in [-0.05, 0) is 169 Å². The van der Waals surface area contributed by atoms with Crippen LogP contribution in [0.3, 0.4) is 0 Å². The number of carbonyl (C=O) groups excluding carboxylic acids is 3. The number of rotatable bonds is 10. The Morgan fingerprint density at radius 2 is 1.20 bits per heavy atom. The number of halogens is 1. The number of H-pyrrole nitrogens is 1. The van der Waals surface area contributed by atoms with E-state index in [0.717, 1.165) is 150 Å². The van der Waals surface area contributed by atoms with E-state index in [9.17, 15) is 14.4 Å². The summed E-state index contributed by atoms with van der Waals surface area (Å²) in [4.78, 5) is 55.2. The highest BCUT2D eigenvalue weighted by molar-refractivity contribution is 6.62. The van der Waals surface area contributed by atoms with Crippen LogP contribution in [0.5, 0.6) is 0 Å². The van der Waals surface area contributed by atoms with E-state index in [4.69, 9.17) is 40.1 Å². The first-order chi connectivity index (χ1) is 40.5. The molecule has 5 saturated heterocycles. The molecule has 0 spiro atoms. The molecule has 4 amide bonds. The quantitative estimate of drug-likeness (QED) is 0.0862. The highest BCUT2D eigenvalue weighted by atomic mass is 35.5. The minimum Gasteiger partial charge on any atom is -0.442 e. The summed E-state index contributed by atoms with van der Waals surface area (Å²) in [6.07, 6.45) is 10.7. The summed E-state index contributed by atoms with van der Waals surface area (Å²) in [5, 5.41) is 17.7. The van der Waals surface area contributed by atoms with Gasteiger partial charge >= 0.3 is 25.3 Å². The van der Waals surface area contributed by atoms with Gasteiger partial charge in [0.05, 0.1) is 49.5 Å². The molecule has 5 aliphatic rings. The van der Waals surface area contributed by atoms with E-state index in [1.807, 2.05) is 94.8 Å². The van der Waals surface area contributed by atoms with Gasteiger partial charge in [0, 0.05) is 93.3 Å². The third kappa shape index (κ3) is 15.9. The average Bonchev–Trinajstić information content (AvgIpc) is 3.97. The van der Waals surface area contributed by atoms with Gasteiger partial charge in [0.1, 0.15) is 22.4 Å². The Morgan fingerprint density at radius 3 is 1.67 bits per heavy atom. The van der Waals surface area contributed by atoms with Gasteiger partial charge in [-0.3, -0.25) is 5.10 Å². The third-order valence-electron chi connectivity index (χ3n) is 16.7. The summed E-state index contributed by atoms with van der Waals surface area (Å²) in [6.45, 7) is 31.2. The summed E-state index contributed by atoms with van der Waals surface area (Å²) in [5.74, 6) is 3.00. The van der Waals surface area contributed by atoms with Crippen LogP contribution in [-0.2, 0) is 23.5 Å². The predicted molar refractivity (Wildman–Crippen MR) is 335 cm³/mol. The molecule has 5 fully saturated rings. The smallest absolute Gasteiger partial charge is 0.442 e. The summed E-state index contributed by atoms with van der Waals surface area (Å²) in [6, 6.07) is 20.3. The lowest BCUT2D eigenvalue weighted by atomic mass is 9.82. The SMILES string of the molecule is CC(C)(C)OC(=O)n1cc(B2OC(C)(C)C(C)(C)O2)cn1.CC[C@@H]1CCN(C(=O)Nc2ccc(C)c(-c3cc(-c4cn[nH]c4)nc(N4CCOCC4)c3)c2)C1.CC[C@@H]1CCN(C(=O)Nc2ccc(C)c(-c3cc(Cl)nc(N4CCOCC4)c3)c2)C1. The number of ether oxygens (including phenoxy) is 3. The molecule has 22 heteroatoms. The van der Waals surface area contributed by atoms with E-state index in [2.05, 4.69) is 98.7 Å². The van der Waals surface area contributed by atoms with E-state index in [1.165, 1.54) is 0 Å². The van der Waals surface area contributed by atoms with Gasteiger partial charge in [0.15, 0.2) is 0 Å². The number of aromatic amines is 1. The van der Waals surface area contributed by atoms with E-state index in [0.29, 0.717) is 48.9 Å². The number of morpholine rings is 2. The van der Waals surface area contributed by atoms with Crippen molar-refractivity contribution in [2.24, 2.45) is 11.8 Å². The zero-order valence-electron chi connectivity index (χ0n) is 51.3. The van der Waals surface area contributed by atoms with Crippen molar-refractivity contribution in [3.05, 3.63) is 102 Å². The maximum Gasteiger partial charge on any atom is 0.498 e. The van der Waals surface area contributed by atoms with Crippen LogP contribution in [0.4, 0.5) is 37.4 Å². The van der Waals surface area contributed by atoms with Crippen molar-refractivity contribution in [3.63, 3.8) is 0 Å². The molecule has 0 aliphatic carbocycles. The number of amides is 4. The van der Waals surface area contributed by atoms with Crippen molar-refractivity contribution < 1.29 is 37.9 Å². The number of aryl methyl sites for hydroxylation is 2. The number of hydrogen-bond donors (Lipinski definition) is 3. The van der Waals surface area contributed by atoms with Crippen molar-refractivity contribution in [2.75, 3.05) is 99.2 Å². The molecule has 2 atom stereocenters. The van der Waals surface area contributed by atoms with Gasteiger partial charge in [0.2, 0.25) is 0 Å². The number of aromatic nitrogens is 6. The molecule has 6 aromatic rings. The van der Waals surface area contributed by atoms with Crippen LogP contribution in [0, 0.1) is 25.7 Å². The molecule has 4 aromatic heterocycles. The highest BCUT2D eigenvalue weighted by Gasteiger charge is 2.52. The monoisotopic (exact) mass is 1180 g/mol. The first kappa shape index (κ1) is 62.5. The number of anilines is 4. The molecule has 0 radical (unpaired) electrons. The number of hydrogen-bond acceptors (Lipinski definition) is 14. The summed E-state index contributed by atoms with van der Waals surface area (Å²) in [5.41, 5.74) is 9.13. The number of carbonyl (C=O) groups is 3. The number of nitrogens with zero attached hydrogens (tertiary/aromatic N) is 9. The second-order valence-corrected chi connectivity index (χ2v) is 24.9. The van der Waals surface area contributed by atoms with Crippen LogP contribution in [0.2, 0.25) is 5.15 Å². The Morgan fingerprint density at radius 1 is 0.694 bits per heavy atom. The summed E-state index contributed by atoms with van der Waals surface area (Å²) in [7, 11) is -0.536. The minimum atomic E-state index is -0.562. The van der Waals surface area contributed by atoms with Crippen molar-refractivity contribution in [2.45, 2.75) is 119 Å². The number of urea groups is 2. The lowest BCUT2D eigenvalue weighted by Crippen LogP contribution is -2.41. The molecule has 85 heavy (non-hydrogen) atoms. The fraction of sp³-hybridized carbons (Fsp3) is 0.508. The number of likely N-dealkylation sites (tertiary alicyclic amines) is 2. The molecule has 20 nitrogen and oxygen atoms in total. The first-order valence-electron chi connectivity index (χ1n) is 29.9. The highest BCUT2D eigenvalue weighted by Crippen LogP contribution is 2.38. The standard InChI is InChI=1S/C26H32N6O2.C23H29ClN4O2.C14H23BN2O4/c1-3-19-6-7-32(17-19)26(33)29-22-5-4-18(2)23(14-22)20-12-24(21-15-27-28-16-21)30-25(13-20)31-8-10-34-11-9-31;1-3-17-6-7-28(15-17)23(29)25-19-5-4-16(2)20(14-19)18-12-21(24)26-22(13-18)27-8-10-30-11-9-27;1-12(2,3)19-11(18)17-9-10(8-16-17)15-20-13(4,5)14(6,7)21-15/h4-5,12-16,19H,3,6-11,17H2,1-2H3,(H,27,28)(H,29,33);4-5,12-14,17H,3,6-11,15H2,1-2H3,(H,25,29);8-9H,1-7H3/t19-;17-;/m11./s1. The van der Waals surface area contributed by atoms with Gasteiger partial charge in [-0.1, -0.05) is 50.4 Å². The lowest BCUT2D eigenvalue weighted by molar-refractivity contribution is 0.00578. The van der Waals surface area contributed by atoms with Gasteiger partial charge in [-0.15, -0.1) is 0 Å². The summed E-state index contributed by atoms with van der Waals surface area (Å²) >= 11 is 6.36. The fourth-order valence-electron chi connectivity index (χ4n) is 10.7. The number of benzene rings is 2. The third-order valence-corrected chi connectivity index (χ3v) is 16.9. The molecule has 0 bridgehead atoms. The normalized spacial score (nSPS) is 19.2. The molecular formula is C63H84BClN12O8. The maximum absolute atomic E-state index is 12.9. The van der Waals surface area contributed by atoms with E-state index < -0.39 is 30.0 Å². The van der Waals surface area contributed by atoms with Crippen LogP contribution >= 0.6 is 11.6 Å². The molecule has 0 unspecified atom stereocenters. The minimum absolute atomic E-state index is 0.0198. The molecule has 2 aromatic carbocycles. The van der Waals surface area contributed by atoms with E-state index in [1.54, 1.807) is 18.6 Å². The first-order valence-corrected chi connectivity index (χ1v) is 30.2. The van der Waals surface area contributed by atoms with Crippen molar-refractivity contribution in [1.82, 2.24) is 39.7 Å². The van der Waals surface area contributed by atoms with Crippen molar-refractivity contribution in [1.29, 1.82) is 0 Å². The van der Waals surface area contributed by atoms with Gasteiger partial charge in [-0.25, -0.2) is 24.4 Å². The van der Waals surface area contributed by atoms with Crippen LogP contribution in [0.15, 0.2) is 85.5 Å². The van der Waals surface area contributed by atoms with Crippen LogP contribution in [0.25, 0.3) is 33.5 Å². The molecule has 11 rings (SSSR count). The second kappa shape index (κ2) is 27.1. The van der Waals surface area contributed by atoms with Crippen LogP contribution < -0.4 is 25.9 Å². The second-order valence-electron chi connectivity index (χ2n) is 24.5. The topological polar surface area (TPSA) is 207 Å². The maximum atomic E-state index is 12.9.